The van der Waals surface area contributed by atoms with Gasteiger partial charge in [-0.15, -0.1) is 0 Å². The number of hydrogen-bond acceptors (Lipinski definition) is 10. The summed E-state index contributed by atoms with van der Waals surface area (Å²) in [4.78, 5) is 71.4. The average Bonchev–Trinajstić information content (AvgIpc) is 3.26. The lowest BCUT2D eigenvalue weighted by Crippen LogP contribution is -2.59. The highest BCUT2D eigenvalue weighted by atomic mass is 19.2. The van der Waals surface area contributed by atoms with E-state index in [0.717, 1.165) is 10.5 Å². The van der Waals surface area contributed by atoms with Crippen molar-refractivity contribution >= 4 is 29.2 Å². The van der Waals surface area contributed by atoms with Crippen LogP contribution in [0.3, 0.4) is 0 Å². The second-order valence-electron chi connectivity index (χ2n) is 20.6. The van der Waals surface area contributed by atoms with Crippen LogP contribution in [0.25, 0.3) is 0 Å². The largest absolute Gasteiger partial charge is 0.460 e. The van der Waals surface area contributed by atoms with Gasteiger partial charge in [-0.3, -0.25) is 19.2 Å². The van der Waals surface area contributed by atoms with Gasteiger partial charge < -0.3 is 29.0 Å². The maximum atomic E-state index is 17.1. The Morgan fingerprint density at radius 2 is 1.63 bits per heavy atom. The minimum absolute atomic E-state index is 0.0151. The van der Waals surface area contributed by atoms with Gasteiger partial charge in [0.15, 0.2) is 18.1 Å². The molecule has 0 aromatic rings. The number of rotatable bonds is 5. The molecule has 0 radical (unpaired) electrons. The van der Waals surface area contributed by atoms with Crippen LogP contribution in [0.2, 0.25) is 0 Å². The number of cyclic esters (lactones) is 1. The molecular formula is C52H79F2NO10. The first-order valence-corrected chi connectivity index (χ1v) is 24.1. The number of methoxy groups -OCH3 is 2. The maximum Gasteiger partial charge on any atom is 0.329 e. The molecule has 1 N–H and O–H groups in total. The Bertz CT molecular complexity index is 1790. The van der Waals surface area contributed by atoms with Gasteiger partial charge in [-0.1, -0.05) is 90.5 Å². The standard InChI is InChI=1S/C52H79F2NO10/c1-31-17-13-12-14-18-36(6)51(8,9)30-39-22-20-37(7)52(54,65-39)48(59)49(60)55-24-16-15-19-40(55)50(61)64-43(33(3)27-38-21-23-41(56)44(28-38)62-10)29-42(57)32(2)26-34(4)45(53)47(63-11)46(58)35(5)25-31/h12-14,17-18,26,31-33,35,37-41,43-45,47,56H,15-16,19-25,27-30H2,1-11H3/b14-12+,17-13+,34-26+,36-18+/t31-,32-,33-,35-,37-,38?,39+,40?,41+,43+,44-,45?,47-,52?/m1/s1. The third-order valence-electron chi connectivity index (χ3n) is 14.9. The lowest BCUT2D eigenvalue weighted by Gasteiger charge is -2.42. The highest BCUT2D eigenvalue weighted by molar-refractivity contribution is 6.39. The van der Waals surface area contributed by atoms with Gasteiger partial charge in [0.25, 0.3) is 17.5 Å². The van der Waals surface area contributed by atoms with Crippen LogP contribution >= 0.6 is 0 Å². The monoisotopic (exact) mass is 916 g/mol. The van der Waals surface area contributed by atoms with E-state index in [1.807, 2.05) is 65.0 Å². The predicted octanol–water partition coefficient (Wildman–Crippen LogP) is 9.15. The van der Waals surface area contributed by atoms with E-state index in [4.69, 9.17) is 18.9 Å². The lowest BCUT2D eigenvalue weighted by molar-refractivity contribution is -0.231. The summed E-state index contributed by atoms with van der Waals surface area (Å²) in [5.41, 5.74) is 0.697. The molecule has 0 aromatic carbocycles. The smallest absolute Gasteiger partial charge is 0.329 e. The minimum atomic E-state index is -2.90. The van der Waals surface area contributed by atoms with E-state index in [-0.39, 0.29) is 60.4 Å². The fourth-order valence-electron chi connectivity index (χ4n) is 10.2. The fourth-order valence-corrected chi connectivity index (χ4v) is 10.2. The van der Waals surface area contributed by atoms with Gasteiger partial charge in [-0.25, -0.2) is 13.6 Å². The minimum Gasteiger partial charge on any atom is -0.460 e. The Morgan fingerprint density at radius 1 is 0.923 bits per heavy atom. The molecule has 3 fully saturated rings. The molecule has 1 aliphatic carbocycles. The molecule has 0 spiro atoms. The number of aliphatic hydroxyl groups is 1. The number of nitrogens with zero attached hydrogens (tertiary/aromatic N) is 1. The number of aliphatic hydroxyl groups excluding tert-OH is 1. The molecule has 1 amide bonds. The Morgan fingerprint density at radius 3 is 2.31 bits per heavy atom. The van der Waals surface area contributed by atoms with Crippen LogP contribution in [-0.2, 0) is 42.9 Å². The molecule has 366 valence electrons. The maximum absolute atomic E-state index is 17.1. The van der Waals surface area contributed by atoms with E-state index in [0.29, 0.717) is 64.2 Å². The quantitative estimate of drug-likeness (QED) is 0.161. The van der Waals surface area contributed by atoms with Crippen LogP contribution in [0.15, 0.2) is 47.6 Å². The SMILES string of the molecule is CO[C@H]1C(=O)[C@H](C)C[C@H](C)/C=C/C=C/C=C(\C)C(C)(C)C[C@@H]2CC[C@@H](C)C(F)(O2)C(=O)C(=O)N2CCCCC2C(=O)O[C@H]([C@H](C)CC2CC[C@H](O)[C@H](OC)C2)CC(=O)[C@H](C)/C=C(\C)C1F. The van der Waals surface area contributed by atoms with Gasteiger partial charge in [-0.2, -0.15) is 0 Å². The van der Waals surface area contributed by atoms with Crippen LogP contribution in [0.1, 0.15) is 139 Å². The number of carbonyl (C=O) groups is 5. The Kier molecular flexibility index (Phi) is 20.1. The van der Waals surface area contributed by atoms with Crippen molar-refractivity contribution in [2.45, 2.75) is 188 Å². The molecule has 4 unspecified atom stereocenters. The van der Waals surface area contributed by atoms with Crippen LogP contribution < -0.4 is 0 Å². The van der Waals surface area contributed by atoms with Gasteiger partial charge >= 0.3 is 5.97 Å². The Labute approximate surface area is 387 Å². The summed E-state index contributed by atoms with van der Waals surface area (Å²) >= 11 is 0. The van der Waals surface area contributed by atoms with Crippen molar-refractivity contribution in [1.82, 2.24) is 4.90 Å². The normalized spacial score (nSPS) is 40.1. The van der Waals surface area contributed by atoms with Crippen LogP contribution in [0, 0.1) is 40.9 Å². The summed E-state index contributed by atoms with van der Waals surface area (Å²) in [5.74, 6) is -9.44. The number of alkyl halides is 2. The third-order valence-corrected chi connectivity index (χ3v) is 14.9. The Balaban J connectivity index is 1.71. The number of halogens is 2. The predicted molar refractivity (Wildman–Crippen MR) is 246 cm³/mol. The summed E-state index contributed by atoms with van der Waals surface area (Å²) in [6.45, 7) is 16.4. The summed E-state index contributed by atoms with van der Waals surface area (Å²) in [6.07, 6.45) is 10.3. The molecule has 14 atom stereocenters. The molecule has 4 rings (SSSR count). The van der Waals surface area contributed by atoms with Crippen LogP contribution in [-0.4, -0.2) is 109 Å². The number of Topliss-reactive ketones (excluding diaryl/α,β-unsaturated/α-hetero) is 3. The number of fused-ring (bicyclic) bond motifs is 3. The van der Waals surface area contributed by atoms with Crippen molar-refractivity contribution in [1.29, 1.82) is 0 Å². The molecule has 3 heterocycles. The van der Waals surface area contributed by atoms with Crippen molar-refractivity contribution in [2.24, 2.45) is 40.9 Å². The first-order chi connectivity index (χ1) is 30.5. The number of hydrogen-bond donors (Lipinski definition) is 1. The first kappa shape index (κ1) is 54.2. The van der Waals surface area contributed by atoms with Crippen molar-refractivity contribution in [2.75, 3.05) is 20.8 Å². The number of carbonyl (C=O) groups excluding carboxylic acids is 5. The van der Waals surface area contributed by atoms with Crippen LogP contribution in [0.5, 0.6) is 0 Å². The fraction of sp³-hybridized carbons (Fsp3) is 0.750. The first-order valence-electron chi connectivity index (χ1n) is 24.1. The number of ether oxygens (including phenoxy) is 4. The average molecular weight is 916 g/mol. The number of amides is 1. The number of allylic oxidation sites excluding steroid dienone is 7. The molecule has 2 saturated heterocycles. The van der Waals surface area contributed by atoms with Crippen molar-refractivity contribution < 1.29 is 56.8 Å². The topological polar surface area (TPSA) is 146 Å². The van der Waals surface area contributed by atoms with Gasteiger partial charge in [0.05, 0.1) is 18.3 Å². The zero-order valence-corrected chi connectivity index (χ0v) is 41.0. The van der Waals surface area contributed by atoms with Crippen molar-refractivity contribution in [3.05, 3.63) is 47.6 Å². The molecule has 0 aromatic heterocycles. The Hall–Kier alpha value is -3.39. The summed E-state index contributed by atoms with van der Waals surface area (Å²) < 4.78 is 56.5. The molecule has 11 nitrogen and oxygen atoms in total. The van der Waals surface area contributed by atoms with E-state index in [9.17, 15) is 29.1 Å². The number of ketones is 3. The van der Waals surface area contributed by atoms with E-state index < -0.39 is 83.3 Å². The number of piperidine rings is 1. The highest BCUT2D eigenvalue weighted by Crippen LogP contribution is 2.43. The van der Waals surface area contributed by atoms with E-state index in [1.54, 1.807) is 27.9 Å². The molecule has 65 heavy (non-hydrogen) atoms. The van der Waals surface area contributed by atoms with Crippen LogP contribution in [0.4, 0.5) is 8.78 Å². The molecule has 3 aliphatic heterocycles. The zero-order chi connectivity index (χ0) is 48.4. The second-order valence-corrected chi connectivity index (χ2v) is 20.6. The second kappa shape index (κ2) is 24.1. The van der Waals surface area contributed by atoms with Gasteiger partial charge in [-0.05, 0) is 113 Å². The van der Waals surface area contributed by atoms with E-state index in [2.05, 4.69) is 0 Å². The van der Waals surface area contributed by atoms with E-state index in [1.165, 1.54) is 20.1 Å². The highest BCUT2D eigenvalue weighted by Gasteiger charge is 2.55. The third kappa shape index (κ3) is 14.1. The molecular weight excluding hydrogens is 837 g/mol. The number of esters is 1. The van der Waals surface area contributed by atoms with E-state index >= 15 is 8.78 Å². The lowest BCUT2D eigenvalue weighted by atomic mass is 9.77. The van der Waals surface area contributed by atoms with Crippen molar-refractivity contribution in [3.63, 3.8) is 0 Å². The molecule has 4 aliphatic rings. The summed E-state index contributed by atoms with van der Waals surface area (Å²) in [6, 6.07) is -1.20. The summed E-state index contributed by atoms with van der Waals surface area (Å²) in [7, 11) is 2.85. The van der Waals surface area contributed by atoms with Gasteiger partial charge in [0.1, 0.15) is 17.9 Å². The van der Waals surface area contributed by atoms with Gasteiger partial charge in [0, 0.05) is 44.9 Å². The summed E-state index contributed by atoms with van der Waals surface area (Å²) in [5, 5.41) is 10.5. The van der Waals surface area contributed by atoms with Gasteiger partial charge in [0.2, 0.25) is 0 Å². The molecule has 1 saturated carbocycles. The molecule has 2 bridgehead atoms. The van der Waals surface area contributed by atoms with Crippen molar-refractivity contribution in [3.8, 4) is 0 Å². The zero-order valence-electron chi connectivity index (χ0n) is 41.0. The molecule has 13 heteroatoms.